The van der Waals surface area contributed by atoms with Crippen molar-refractivity contribution >= 4 is 13.7 Å². The van der Waals surface area contributed by atoms with Crippen molar-refractivity contribution in [2.24, 2.45) is 0 Å². The molecule has 1 aliphatic rings. The summed E-state index contributed by atoms with van der Waals surface area (Å²) in [7, 11) is -4.30. The van der Waals surface area contributed by atoms with Gasteiger partial charge < -0.3 is 19.1 Å². The lowest BCUT2D eigenvalue weighted by molar-refractivity contribution is -0.149. The maximum Gasteiger partial charge on any atom is 0.459 e. The molecule has 12 nitrogen and oxygen atoms in total. The number of hydrogen-bond acceptors (Lipinski definition) is 9. The number of carbonyl (C=O) groups excluding carboxylic acids is 1. The molecule has 0 spiro atoms. The number of esters is 1. The van der Waals surface area contributed by atoms with Crippen LogP contribution in [0.4, 0.5) is 4.39 Å². The molecule has 3 N–H and O–H groups in total. The average molecular weight is 529 g/mol. The highest BCUT2D eigenvalue weighted by atomic mass is 31.2. The van der Waals surface area contributed by atoms with Gasteiger partial charge in [-0.25, -0.2) is 13.8 Å². The number of H-pyrrole nitrogens is 1. The number of ether oxygens (including phenoxy) is 2. The zero-order chi connectivity index (χ0) is 26.7. The first kappa shape index (κ1) is 27.8. The lowest BCUT2D eigenvalue weighted by atomic mass is 9.98. The minimum atomic E-state index is -4.30. The summed E-state index contributed by atoms with van der Waals surface area (Å²) in [6, 6.07) is 7.86. The van der Waals surface area contributed by atoms with Gasteiger partial charge >= 0.3 is 19.4 Å². The van der Waals surface area contributed by atoms with Crippen LogP contribution in [0.5, 0.6) is 5.75 Å². The second-order valence-electron chi connectivity index (χ2n) is 8.67. The molecular weight excluding hydrogens is 500 g/mol. The molecule has 6 atom stereocenters. The summed E-state index contributed by atoms with van der Waals surface area (Å²) >= 11 is 0. The maximum absolute atomic E-state index is 15.4. The number of para-hydroxylation sites is 1. The van der Waals surface area contributed by atoms with Crippen molar-refractivity contribution in [3.63, 3.8) is 0 Å². The van der Waals surface area contributed by atoms with E-state index in [4.69, 9.17) is 18.5 Å². The largest absolute Gasteiger partial charge is 0.462 e. The van der Waals surface area contributed by atoms with Crippen molar-refractivity contribution in [3.05, 3.63) is 63.4 Å². The molecule has 2 heterocycles. The van der Waals surface area contributed by atoms with Gasteiger partial charge in [0.25, 0.3) is 5.56 Å². The Morgan fingerprint density at radius 1 is 1.28 bits per heavy atom. The Morgan fingerprint density at radius 3 is 2.56 bits per heavy atom. The monoisotopic (exact) mass is 529 g/mol. The number of nitrogens with one attached hydrogen (secondary N) is 2. The van der Waals surface area contributed by atoms with Crippen LogP contribution < -0.4 is 20.9 Å². The van der Waals surface area contributed by atoms with Crippen molar-refractivity contribution in [2.75, 3.05) is 6.61 Å². The van der Waals surface area contributed by atoms with Crippen molar-refractivity contribution in [2.45, 2.75) is 63.9 Å². The summed E-state index contributed by atoms with van der Waals surface area (Å²) in [6.45, 7) is 5.07. The van der Waals surface area contributed by atoms with Crippen molar-refractivity contribution < 1.29 is 37.4 Å². The Kier molecular flexibility index (Phi) is 8.52. The summed E-state index contributed by atoms with van der Waals surface area (Å²) < 4.78 is 51.4. The van der Waals surface area contributed by atoms with E-state index in [1.54, 1.807) is 32.0 Å². The second kappa shape index (κ2) is 11.1. The lowest BCUT2D eigenvalue weighted by Crippen LogP contribution is -2.43. The highest BCUT2D eigenvalue weighted by Crippen LogP contribution is 2.47. The Labute approximate surface area is 205 Å². The molecule has 1 aromatic heterocycles. The van der Waals surface area contributed by atoms with Crippen molar-refractivity contribution in [1.29, 1.82) is 0 Å². The van der Waals surface area contributed by atoms with Gasteiger partial charge in [-0.1, -0.05) is 18.2 Å². The van der Waals surface area contributed by atoms with Gasteiger partial charge in [-0.2, -0.15) is 5.09 Å². The van der Waals surface area contributed by atoms with Crippen LogP contribution in [0, 0.1) is 0 Å². The van der Waals surface area contributed by atoms with Gasteiger partial charge in [-0.05, 0) is 39.8 Å². The first-order valence-corrected chi connectivity index (χ1v) is 12.7. The summed E-state index contributed by atoms with van der Waals surface area (Å²) in [4.78, 5) is 37.7. The number of nitrogens with zero attached hydrogens (tertiary/aromatic N) is 1. The number of aromatic amines is 1. The van der Waals surface area contributed by atoms with Gasteiger partial charge in [0, 0.05) is 12.3 Å². The molecule has 1 aromatic carbocycles. The number of aliphatic hydroxyl groups is 1. The van der Waals surface area contributed by atoms with E-state index in [0.717, 1.165) is 23.8 Å². The first-order chi connectivity index (χ1) is 16.8. The Bertz CT molecular complexity index is 1220. The van der Waals surface area contributed by atoms with E-state index in [9.17, 15) is 24.1 Å². The molecule has 2 aromatic rings. The molecule has 1 aliphatic heterocycles. The van der Waals surface area contributed by atoms with Crippen LogP contribution in [0.1, 0.15) is 33.9 Å². The van der Waals surface area contributed by atoms with E-state index in [1.165, 1.54) is 19.1 Å². The van der Waals surface area contributed by atoms with Crippen molar-refractivity contribution in [3.8, 4) is 5.75 Å². The van der Waals surface area contributed by atoms with Crippen LogP contribution >= 0.6 is 7.75 Å². The van der Waals surface area contributed by atoms with E-state index in [-0.39, 0.29) is 5.75 Å². The summed E-state index contributed by atoms with van der Waals surface area (Å²) in [6.07, 6.45) is -4.21. The predicted octanol–water partition coefficient (Wildman–Crippen LogP) is 1.66. The van der Waals surface area contributed by atoms with Crippen LogP contribution in [-0.4, -0.2) is 57.3 Å². The van der Waals surface area contributed by atoms with Crippen LogP contribution in [-0.2, 0) is 23.4 Å². The quantitative estimate of drug-likeness (QED) is 0.305. The fourth-order valence-electron chi connectivity index (χ4n) is 3.47. The number of carbonyl (C=O) groups is 1. The number of rotatable bonds is 10. The number of alkyl halides is 1. The lowest BCUT2D eigenvalue weighted by Gasteiger charge is -2.25. The Balaban J connectivity index is 1.80. The van der Waals surface area contributed by atoms with Gasteiger partial charge in [0.15, 0.2) is 11.9 Å². The van der Waals surface area contributed by atoms with E-state index in [1.807, 2.05) is 4.98 Å². The minimum absolute atomic E-state index is 0.152. The highest BCUT2D eigenvalue weighted by molar-refractivity contribution is 7.52. The van der Waals surface area contributed by atoms with E-state index >= 15 is 4.39 Å². The SMILES string of the molecule is CC(C)OC(=O)C(C)N[P@](=O)(OCC1OC(n2ccc(=O)[nH]c2=O)[C@](C)(F)C1O)Oc1ccccc1. The number of aliphatic hydroxyl groups excluding tert-OH is 1. The molecule has 0 radical (unpaired) electrons. The molecule has 0 amide bonds. The van der Waals surface area contributed by atoms with Crippen LogP contribution in [0.15, 0.2) is 52.2 Å². The topological polar surface area (TPSA) is 158 Å². The Morgan fingerprint density at radius 2 is 1.94 bits per heavy atom. The maximum atomic E-state index is 15.4. The molecule has 14 heteroatoms. The molecule has 4 unspecified atom stereocenters. The third-order valence-electron chi connectivity index (χ3n) is 5.26. The molecule has 0 saturated carbocycles. The van der Waals surface area contributed by atoms with Gasteiger partial charge in [-0.3, -0.25) is 23.7 Å². The smallest absolute Gasteiger partial charge is 0.459 e. The highest BCUT2D eigenvalue weighted by Gasteiger charge is 2.55. The zero-order valence-corrected chi connectivity index (χ0v) is 21.0. The van der Waals surface area contributed by atoms with Gasteiger partial charge in [0.05, 0.1) is 12.7 Å². The summed E-state index contributed by atoms with van der Waals surface area (Å²) in [5.74, 6) is -0.560. The molecule has 3 rings (SSSR count). The molecule has 1 saturated heterocycles. The molecule has 0 aliphatic carbocycles. The standard InChI is InChI=1S/C22H29FN3O9P/c1-13(2)33-19(29)14(3)25-36(31,35-15-8-6-5-7-9-15)32-12-16-18(28)22(4,23)20(34-16)26-11-10-17(27)24-21(26)30/h5-11,13-14,16,18,20,28H,12H2,1-4H3,(H,25,31)(H,24,27,30)/t14?,16?,18?,20?,22-,36+/m1/s1. The average Bonchev–Trinajstić information content (AvgIpc) is 3.01. The van der Waals surface area contributed by atoms with E-state index < -0.39 is 67.8 Å². The third-order valence-corrected chi connectivity index (χ3v) is 6.90. The van der Waals surface area contributed by atoms with E-state index in [2.05, 4.69) is 5.09 Å². The van der Waals surface area contributed by atoms with Crippen molar-refractivity contribution in [1.82, 2.24) is 14.6 Å². The second-order valence-corrected chi connectivity index (χ2v) is 10.4. The zero-order valence-electron chi connectivity index (χ0n) is 20.1. The summed E-state index contributed by atoms with van der Waals surface area (Å²) in [5, 5.41) is 13.0. The molecule has 1 fully saturated rings. The van der Waals surface area contributed by atoms with E-state index in [0.29, 0.717) is 0 Å². The van der Waals surface area contributed by atoms with Gasteiger partial charge in [0.2, 0.25) is 0 Å². The number of halogens is 1. The third kappa shape index (κ3) is 6.48. The van der Waals surface area contributed by atoms with Gasteiger partial charge in [0.1, 0.15) is 24.0 Å². The predicted molar refractivity (Wildman–Crippen MR) is 125 cm³/mol. The first-order valence-electron chi connectivity index (χ1n) is 11.1. The fraction of sp³-hybridized carbons (Fsp3) is 0.500. The molecule has 36 heavy (non-hydrogen) atoms. The van der Waals surface area contributed by atoms with Gasteiger partial charge in [-0.15, -0.1) is 0 Å². The fourth-order valence-corrected chi connectivity index (χ4v) is 4.97. The van der Waals surface area contributed by atoms with Crippen LogP contribution in [0.25, 0.3) is 0 Å². The number of hydrogen-bond donors (Lipinski definition) is 3. The minimum Gasteiger partial charge on any atom is -0.462 e. The Hall–Kier alpha value is -2.83. The van der Waals surface area contributed by atoms with Crippen LogP contribution in [0.2, 0.25) is 0 Å². The molecular formula is C22H29FN3O9P. The molecule has 0 bridgehead atoms. The molecule has 198 valence electrons. The summed E-state index contributed by atoms with van der Waals surface area (Å²) in [5.41, 5.74) is -4.12. The normalized spacial score (nSPS) is 26.4. The number of aromatic nitrogens is 2. The van der Waals surface area contributed by atoms with Crippen LogP contribution in [0.3, 0.4) is 0 Å². The number of benzene rings is 1.